The third kappa shape index (κ3) is 2.97. The van der Waals surface area contributed by atoms with Crippen LogP contribution in [0, 0.1) is 0 Å². The number of furan rings is 1. The van der Waals surface area contributed by atoms with Crippen LogP contribution in [0.25, 0.3) is 28.2 Å². The molecule has 2 aromatic carbocycles. The Labute approximate surface area is 164 Å². The minimum Gasteiger partial charge on any atom is -0.463 e. The van der Waals surface area contributed by atoms with Crippen molar-refractivity contribution in [3.63, 3.8) is 0 Å². The molecule has 6 nitrogen and oxygen atoms in total. The van der Waals surface area contributed by atoms with Crippen LogP contribution >= 0.6 is 11.3 Å². The van der Waals surface area contributed by atoms with Crippen molar-refractivity contribution in [2.75, 3.05) is 5.32 Å². The van der Waals surface area contributed by atoms with Crippen LogP contribution in [0.15, 0.2) is 83.1 Å². The molecule has 3 heterocycles. The van der Waals surface area contributed by atoms with Crippen LogP contribution in [0.3, 0.4) is 0 Å². The Bertz CT molecular complexity index is 1250. The summed E-state index contributed by atoms with van der Waals surface area (Å²) in [6.45, 7) is 0. The van der Waals surface area contributed by atoms with Crippen LogP contribution in [0.2, 0.25) is 0 Å². The zero-order valence-electron chi connectivity index (χ0n) is 14.6. The number of anilines is 1. The number of thiazole rings is 1. The first kappa shape index (κ1) is 16.5. The lowest BCUT2D eigenvalue weighted by molar-refractivity contribution is 0.102. The van der Waals surface area contributed by atoms with Crippen molar-refractivity contribution >= 4 is 33.4 Å². The Hall–Kier alpha value is -3.71. The molecule has 0 bridgehead atoms. The third-order valence-corrected chi connectivity index (χ3v) is 5.12. The van der Waals surface area contributed by atoms with E-state index in [1.165, 1.54) is 11.3 Å². The third-order valence-electron chi connectivity index (χ3n) is 4.36. The summed E-state index contributed by atoms with van der Waals surface area (Å²) in [6, 6.07) is 19.0. The highest BCUT2D eigenvalue weighted by molar-refractivity contribution is 7.14. The van der Waals surface area contributed by atoms with E-state index in [9.17, 15) is 4.79 Å². The van der Waals surface area contributed by atoms with E-state index in [0.29, 0.717) is 22.1 Å². The highest BCUT2D eigenvalue weighted by atomic mass is 32.1. The van der Waals surface area contributed by atoms with Crippen LogP contribution < -0.4 is 5.32 Å². The molecule has 136 valence electrons. The van der Waals surface area contributed by atoms with Crippen LogP contribution in [0.5, 0.6) is 0 Å². The van der Waals surface area contributed by atoms with Gasteiger partial charge in [0.2, 0.25) is 0 Å². The largest absolute Gasteiger partial charge is 0.463 e. The summed E-state index contributed by atoms with van der Waals surface area (Å²) < 4.78 is 7.32. The minimum absolute atomic E-state index is 0.206. The molecule has 5 aromatic rings. The Morgan fingerprint density at radius 2 is 1.89 bits per heavy atom. The molecule has 0 saturated heterocycles. The molecule has 0 radical (unpaired) electrons. The summed E-state index contributed by atoms with van der Waals surface area (Å²) in [5.74, 6) is 0.469. The number of aromatic nitrogens is 3. The van der Waals surface area contributed by atoms with Gasteiger partial charge in [0, 0.05) is 16.6 Å². The maximum absolute atomic E-state index is 12.5. The summed E-state index contributed by atoms with van der Waals surface area (Å²) >= 11 is 1.36. The van der Waals surface area contributed by atoms with Crippen molar-refractivity contribution in [1.29, 1.82) is 0 Å². The number of benzene rings is 2. The number of amides is 1. The molecule has 0 fully saturated rings. The van der Waals surface area contributed by atoms with Gasteiger partial charge >= 0.3 is 0 Å². The van der Waals surface area contributed by atoms with Gasteiger partial charge in [-0.05, 0) is 48.5 Å². The van der Waals surface area contributed by atoms with Gasteiger partial charge in [-0.2, -0.15) is 0 Å². The Morgan fingerprint density at radius 3 is 2.71 bits per heavy atom. The number of imidazole rings is 1. The highest BCUT2D eigenvalue weighted by Crippen LogP contribution is 2.25. The predicted molar refractivity (Wildman–Crippen MR) is 109 cm³/mol. The van der Waals surface area contributed by atoms with Crippen molar-refractivity contribution < 1.29 is 9.21 Å². The fourth-order valence-electron chi connectivity index (χ4n) is 2.98. The second kappa shape index (κ2) is 6.79. The second-order valence-corrected chi connectivity index (χ2v) is 6.98. The van der Waals surface area contributed by atoms with Gasteiger partial charge in [0.25, 0.3) is 5.91 Å². The van der Waals surface area contributed by atoms with Gasteiger partial charge in [-0.3, -0.25) is 14.7 Å². The Balaban J connectivity index is 1.35. The quantitative estimate of drug-likeness (QED) is 0.472. The number of hydrogen-bond acceptors (Lipinski definition) is 5. The fourth-order valence-corrected chi connectivity index (χ4v) is 3.67. The van der Waals surface area contributed by atoms with Gasteiger partial charge < -0.3 is 4.42 Å². The van der Waals surface area contributed by atoms with E-state index < -0.39 is 0 Å². The molecule has 0 aliphatic carbocycles. The first-order valence-corrected chi connectivity index (χ1v) is 9.49. The van der Waals surface area contributed by atoms with Crippen molar-refractivity contribution in [3.05, 3.63) is 84.2 Å². The molecule has 7 heteroatoms. The summed E-state index contributed by atoms with van der Waals surface area (Å²) in [6.07, 6.45) is 3.38. The average molecular weight is 386 g/mol. The lowest BCUT2D eigenvalue weighted by Crippen LogP contribution is -2.11. The highest BCUT2D eigenvalue weighted by Gasteiger charge is 2.12. The minimum atomic E-state index is -0.206. The van der Waals surface area contributed by atoms with E-state index in [1.807, 2.05) is 52.4 Å². The molecule has 0 aliphatic heterocycles. The van der Waals surface area contributed by atoms with Crippen molar-refractivity contribution in [2.24, 2.45) is 0 Å². The summed E-state index contributed by atoms with van der Waals surface area (Å²) in [4.78, 5) is 21.3. The Kier molecular flexibility index (Phi) is 3.99. The normalized spacial score (nSPS) is 11.0. The monoisotopic (exact) mass is 386 g/mol. The Morgan fingerprint density at radius 1 is 1.04 bits per heavy atom. The molecule has 0 atom stereocenters. The maximum Gasteiger partial charge on any atom is 0.257 e. The number of para-hydroxylation sites is 2. The van der Waals surface area contributed by atoms with Gasteiger partial charge in [-0.25, -0.2) is 9.97 Å². The van der Waals surface area contributed by atoms with Crippen LogP contribution in [0.1, 0.15) is 10.4 Å². The number of fused-ring (bicyclic) bond motifs is 1. The second-order valence-electron chi connectivity index (χ2n) is 6.12. The van der Waals surface area contributed by atoms with Gasteiger partial charge in [0.1, 0.15) is 12.0 Å². The lowest BCUT2D eigenvalue weighted by Gasteiger charge is -2.06. The maximum atomic E-state index is 12.5. The van der Waals surface area contributed by atoms with Gasteiger partial charge in [-0.1, -0.05) is 12.1 Å². The number of nitrogens with zero attached hydrogens (tertiary/aromatic N) is 3. The smallest absolute Gasteiger partial charge is 0.257 e. The molecule has 0 aliphatic rings. The number of nitrogens with one attached hydrogen (secondary N) is 1. The number of hydrogen-bond donors (Lipinski definition) is 1. The van der Waals surface area contributed by atoms with Crippen molar-refractivity contribution in [2.45, 2.75) is 0 Å². The lowest BCUT2D eigenvalue weighted by atomic mass is 10.2. The van der Waals surface area contributed by atoms with E-state index in [-0.39, 0.29) is 5.91 Å². The summed E-state index contributed by atoms with van der Waals surface area (Å²) in [5, 5.41) is 5.21. The van der Waals surface area contributed by atoms with Crippen molar-refractivity contribution in [1.82, 2.24) is 14.5 Å². The molecule has 0 saturated carbocycles. The SMILES string of the molecule is O=C(Nc1nc(-c2ccco2)cs1)c1ccc(-n2cnc3ccccc32)cc1. The molecule has 3 aromatic heterocycles. The van der Waals surface area contributed by atoms with E-state index in [2.05, 4.69) is 15.3 Å². The molecule has 28 heavy (non-hydrogen) atoms. The molecule has 5 rings (SSSR count). The zero-order chi connectivity index (χ0) is 18.9. The van der Waals surface area contributed by atoms with Crippen LogP contribution in [-0.4, -0.2) is 20.4 Å². The first-order chi connectivity index (χ1) is 13.8. The van der Waals surface area contributed by atoms with E-state index >= 15 is 0 Å². The molecular formula is C21H14N4O2S. The van der Waals surface area contributed by atoms with E-state index in [4.69, 9.17) is 4.42 Å². The molecular weight excluding hydrogens is 372 g/mol. The summed E-state index contributed by atoms with van der Waals surface area (Å²) in [5.41, 5.74) is 4.16. The van der Waals surface area contributed by atoms with Gasteiger partial charge in [0.05, 0.1) is 17.3 Å². The number of carbonyl (C=O) groups excluding carboxylic acids is 1. The van der Waals surface area contributed by atoms with E-state index in [0.717, 1.165) is 16.7 Å². The zero-order valence-corrected chi connectivity index (χ0v) is 15.4. The number of carbonyl (C=O) groups is 1. The fraction of sp³-hybridized carbons (Fsp3) is 0. The standard InChI is InChI=1S/C21H14N4O2S/c26-20(24-21-23-17(12-28-21)19-6-3-11-27-19)14-7-9-15(10-8-14)25-13-22-16-4-1-2-5-18(16)25/h1-13H,(H,23,24,26). The molecule has 1 amide bonds. The topological polar surface area (TPSA) is 73.0 Å². The molecule has 0 unspecified atom stereocenters. The molecule has 1 N–H and O–H groups in total. The van der Waals surface area contributed by atoms with Gasteiger partial charge in [0.15, 0.2) is 10.9 Å². The first-order valence-electron chi connectivity index (χ1n) is 8.61. The predicted octanol–water partition coefficient (Wildman–Crippen LogP) is 4.99. The summed E-state index contributed by atoms with van der Waals surface area (Å²) in [7, 11) is 0. The van der Waals surface area contributed by atoms with E-state index in [1.54, 1.807) is 30.8 Å². The average Bonchev–Trinajstić information content (AvgIpc) is 3.48. The van der Waals surface area contributed by atoms with Crippen molar-refractivity contribution in [3.8, 4) is 17.1 Å². The number of rotatable bonds is 4. The molecule has 0 spiro atoms. The van der Waals surface area contributed by atoms with Crippen LogP contribution in [-0.2, 0) is 0 Å². The van der Waals surface area contributed by atoms with Gasteiger partial charge in [-0.15, -0.1) is 11.3 Å². The van der Waals surface area contributed by atoms with Crippen LogP contribution in [0.4, 0.5) is 5.13 Å².